The molecule has 1 heterocycles. The molecule has 0 atom stereocenters. The molecule has 0 aliphatic heterocycles. The number of nitrogens with zero attached hydrogens (tertiary/aromatic N) is 1. The predicted octanol–water partition coefficient (Wildman–Crippen LogP) is 2.20. The molecule has 4 nitrogen and oxygen atoms in total. The summed E-state index contributed by atoms with van der Waals surface area (Å²) in [6, 6.07) is 5.41. The van der Waals surface area contributed by atoms with Crippen LogP contribution >= 0.6 is 11.6 Å². The Balaban J connectivity index is 2.33. The van der Waals surface area contributed by atoms with E-state index in [-0.39, 0.29) is 0 Å². The summed E-state index contributed by atoms with van der Waals surface area (Å²) in [6.07, 6.45) is 3.76. The molecule has 20 heavy (non-hydrogen) atoms. The van der Waals surface area contributed by atoms with E-state index in [1.807, 2.05) is 6.07 Å². The average Bonchev–Trinajstić information content (AvgIpc) is 2.45. The smallest absolute Gasteiger partial charge is 0.295 e. The molecule has 0 saturated heterocycles. The second kappa shape index (κ2) is 4.90. The number of aromatic amines is 1. The van der Waals surface area contributed by atoms with E-state index in [9.17, 15) is 14.0 Å². The first-order valence-corrected chi connectivity index (χ1v) is 6.79. The van der Waals surface area contributed by atoms with Crippen molar-refractivity contribution in [1.29, 1.82) is 0 Å². The first-order chi connectivity index (χ1) is 9.59. The molecule has 0 amide bonds. The van der Waals surface area contributed by atoms with Gasteiger partial charge >= 0.3 is 5.69 Å². The molecule has 6 heteroatoms. The summed E-state index contributed by atoms with van der Waals surface area (Å²) < 4.78 is 14.5. The fraction of sp³-hybridized carbons (Fsp3) is 0.286. The Kier molecular flexibility index (Phi) is 3.22. The summed E-state index contributed by atoms with van der Waals surface area (Å²) in [5.74, 6) is -1.14. The van der Waals surface area contributed by atoms with Crippen LogP contribution in [0.3, 0.4) is 0 Å². The van der Waals surface area contributed by atoms with Crippen LogP contribution in [-0.4, -0.2) is 9.55 Å². The fourth-order valence-electron chi connectivity index (χ4n) is 2.68. The van der Waals surface area contributed by atoms with Gasteiger partial charge in [-0.2, -0.15) is 4.39 Å². The number of H-pyrrole nitrogens is 1. The highest BCUT2D eigenvalue weighted by Crippen LogP contribution is 2.25. The third kappa shape index (κ3) is 1.98. The maximum absolute atomic E-state index is 13.7. The zero-order valence-corrected chi connectivity index (χ0v) is 11.3. The molecule has 0 radical (unpaired) electrons. The van der Waals surface area contributed by atoms with E-state index in [2.05, 4.69) is 4.98 Å². The standard InChI is InChI=1S/C14H12ClFN2O2/c15-12-11(16)13(19)18(14(20)17-12)10-7-3-5-8-4-1-2-6-9(8)10/h3,5,7H,1-2,4,6H2,(H,17,20). The summed E-state index contributed by atoms with van der Waals surface area (Å²) in [5.41, 5.74) is 0.755. The molecule has 0 unspecified atom stereocenters. The molecule has 1 aliphatic carbocycles. The Bertz CT molecular complexity index is 795. The number of rotatable bonds is 1. The van der Waals surface area contributed by atoms with Crippen LogP contribution in [0.15, 0.2) is 27.8 Å². The molecule has 0 bridgehead atoms. The molecule has 3 rings (SSSR count). The lowest BCUT2D eigenvalue weighted by Crippen LogP contribution is -2.36. The van der Waals surface area contributed by atoms with E-state index in [1.165, 1.54) is 0 Å². The van der Waals surface area contributed by atoms with Gasteiger partial charge in [0.1, 0.15) is 0 Å². The summed E-state index contributed by atoms with van der Waals surface area (Å²) >= 11 is 5.48. The maximum Gasteiger partial charge on any atom is 0.334 e. The molecule has 104 valence electrons. The van der Waals surface area contributed by atoms with Gasteiger partial charge in [-0.1, -0.05) is 23.7 Å². The summed E-state index contributed by atoms with van der Waals surface area (Å²) in [6.45, 7) is 0. The molecule has 2 aromatic rings. The zero-order valence-electron chi connectivity index (χ0n) is 10.6. The van der Waals surface area contributed by atoms with Crippen LogP contribution in [0.1, 0.15) is 24.0 Å². The minimum absolute atomic E-state index is 0.448. The van der Waals surface area contributed by atoms with Crippen molar-refractivity contribution < 1.29 is 4.39 Å². The predicted molar refractivity (Wildman–Crippen MR) is 74.3 cm³/mol. The Hall–Kier alpha value is -1.88. The number of aryl methyl sites for hydroxylation is 1. The van der Waals surface area contributed by atoms with Gasteiger partial charge in [-0.05, 0) is 42.9 Å². The minimum Gasteiger partial charge on any atom is -0.295 e. The van der Waals surface area contributed by atoms with Crippen LogP contribution in [0.5, 0.6) is 0 Å². The van der Waals surface area contributed by atoms with Crippen molar-refractivity contribution in [1.82, 2.24) is 9.55 Å². The Morgan fingerprint density at radius 3 is 2.75 bits per heavy atom. The first kappa shape index (κ1) is 13.1. The lowest BCUT2D eigenvalue weighted by Gasteiger charge is -2.19. The molecule has 1 aliphatic rings. The Morgan fingerprint density at radius 2 is 1.95 bits per heavy atom. The highest BCUT2D eigenvalue weighted by atomic mass is 35.5. The lowest BCUT2D eigenvalue weighted by atomic mass is 9.90. The molecule has 1 aromatic carbocycles. The normalized spacial score (nSPS) is 14.1. The monoisotopic (exact) mass is 294 g/mol. The van der Waals surface area contributed by atoms with Crippen LogP contribution in [0.25, 0.3) is 5.69 Å². The van der Waals surface area contributed by atoms with Gasteiger partial charge in [-0.25, -0.2) is 9.36 Å². The highest BCUT2D eigenvalue weighted by molar-refractivity contribution is 6.29. The van der Waals surface area contributed by atoms with E-state index in [0.717, 1.165) is 41.4 Å². The lowest BCUT2D eigenvalue weighted by molar-refractivity contribution is 0.582. The minimum atomic E-state index is -1.14. The van der Waals surface area contributed by atoms with Gasteiger partial charge in [-0.3, -0.25) is 9.78 Å². The van der Waals surface area contributed by atoms with Crippen LogP contribution in [0, 0.1) is 5.82 Å². The number of hydrogen-bond donors (Lipinski definition) is 1. The second-order valence-electron chi connectivity index (χ2n) is 4.82. The largest absolute Gasteiger partial charge is 0.334 e. The van der Waals surface area contributed by atoms with Gasteiger partial charge in [0.05, 0.1) is 5.69 Å². The molecular formula is C14H12ClFN2O2. The SMILES string of the molecule is O=c1[nH]c(Cl)c(F)c(=O)n1-c1cccc2c1CCCC2. The molecule has 1 N–H and O–H groups in total. The van der Waals surface area contributed by atoms with E-state index in [4.69, 9.17) is 11.6 Å². The third-order valence-electron chi connectivity index (χ3n) is 3.62. The van der Waals surface area contributed by atoms with E-state index < -0.39 is 22.2 Å². The van der Waals surface area contributed by atoms with Crippen molar-refractivity contribution in [3.63, 3.8) is 0 Å². The average molecular weight is 295 g/mol. The Labute approximate surface area is 118 Å². The van der Waals surface area contributed by atoms with Crippen molar-refractivity contribution in [3.05, 3.63) is 61.1 Å². The van der Waals surface area contributed by atoms with Crippen molar-refractivity contribution in [2.45, 2.75) is 25.7 Å². The first-order valence-electron chi connectivity index (χ1n) is 6.41. The van der Waals surface area contributed by atoms with Gasteiger partial charge < -0.3 is 0 Å². The van der Waals surface area contributed by atoms with Crippen molar-refractivity contribution in [2.24, 2.45) is 0 Å². The van der Waals surface area contributed by atoms with Gasteiger partial charge in [0.25, 0.3) is 5.56 Å². The van der Waals surface area contributed by atoms with Gasteiger partial charge in [0.2, 0.25) is 5.82 Å². The molecule has 1 aromatic heterocycles. The van der Waals surface area contributed by atoms with Crippen molar-refractivity contribution in [2.75, 3.05) is 0 Å². The van der Waals surface area contributed by atoms with Crippen LogP contribution in [-0.2, 0) is 12.8 Å². The van der Waals surface area contributed by atoms with Gasteiger partial charge in [0.15, 0.2) is 5.15 Å². The summed E-state index contributed by atoms with van der Waals surface area (Å²) in [5, 5.41) is -0.555. The molecule has 0 spiro atoms. The van der Waals surface area contributed by atoms with Crippen LogP contribution in [0.4, 0.5) is 4.39 Å². The molecule has 0 fully saturated rings. The van der Waals surface area contributed by atoms with E-state index >= 15 is 0 Å². The van der Waals surface area contributed by atoms with Crippen LogP contribution in [0.2, 0.25) is 5.15 Å². The number of fused-ring (bicyclic) bond motifs is 1. The second-order valence-corrected chi connectivity index (χ2v) is 5.20. The third-order valence-corrected chi connectivity index (χ3v) is 3.88. The van der Waals surface area contributed by atoms with E-state index in [0.29, 0.717) is 5.69 Å². The quantitative estimate of drug-likeness (QED) is 0.820. The zero-order chi connectivity index (χ0) is 14.3. The maximum atomic E-state index is 13.7. The molecular weight excluding hydrogens is 283 g/mol. The van der Waals surface area contributed by atoms with Crippen LogP contribution < -0.4 is 11.2 Å². The number of aromatic nitrogens is 2. The van der Waals surface area contributed by atoms with Crippen molar-refractivity contribution >= 4 is 11.6 Å². The van der Waals surface area contributed by atoms with Gasteiger partial charge in [0, 0.05) is 0 Å². The number of nitrogens with one attached hydrogen (secondary N) is 1. The summed E-state index contributed by atoms with van der Waals surface area (Å²) in [7, 11) is 0. The summed E-state index contributed by atoms with van der Waals surface area (Å²) in [4.78, 5) is 26.1. The Morgan fingerprint density at radius 1 is 1.20 bits per heavy atom. The van der Waals surface area contributed by atoms with Gasteiger partial charge in [-0.15, -0.1) is 0 Å². The number of benzene rings is 1. The topological polar surface area (TPSA) is 54.9 Å². The number of hydrogen-bond acceptors (Lipinski definition) is 2. The van der Waals surface area contributed by atoms with Crippen molar-refractivity contribution in [3.8, 4) is 5.69 Å². The molecule has 0 saturated carbocycles. The fourth-order valence-corrected chi connectivity index (χ4v) is 2.84. The highest BCUT2D eigenvalue weighted by Gasteiger charge is 2.19. The van der Waals surface area contributed by atoms with E-state index in [1.54, 1.807) is 12.1 Å². The number of halogens is 2.